The summed E-state index contributed by atoms with van der Waals surface area (Å²) in [6.07, 6.45) is 0. The van der Waals surface area contributed by atoms with Crippen molar-refractivity contribution in [1.29, 1.82) is 0 Å². The Balaban J connectivity index is 2.44. The Hall–Kier alpha value is -3.02. The van der Waals surface area contributed by atoms with E-state index < -0.39 is 83.2 Å². The molecule has 3 aromatic rings. The fraction of sp³-hybridized carbons (Fsp3) is 0.0625. The van der Waals surface area contributed by atoms with Gasteiger partial charge in [-0.25, -0.2) is 0 Å². The van der Waals surface area contributed by atoms with Crippen LogP contribution in [0.25, 0.3) is 21.5 Å². The number of fused-ring (bicyclic) bond motifs is 2. The van der Waals surface area contributed by atoms with Crippen LogP contribution in [0.4, 0.5) is 0 Å². The van der Waals surface area contributed by atoms with Crippen LogP contribution >= 0.6 is 20.7 Å². The van der Waals surface area contributed by atoms with Gasteiger partial charge in [0.25, 0.3) is 0 Å². The minimum absolute atomic E-state index is 0.131. The molecule has 4 rings (SSSR count). The van der Waals surface area contributed by atoms with Crippen molar-refractivity contribution in [3.05, 3.63) is 5.56 Å². The normalized spacial score (nSPS) is 16.1. The molecule has 10 heteroatoms. The van der Waals surface area contributed by atoms with Gasteiger partial charge in [0.2, 0.25) is 23.0 Å². The minimum atomic E-state index is -1.09. The van der Waals surface area contributed by atoms with Gasteiger partial charge in [-0.2, -0.15) is 0 Å². The predicted molar refractivity (Wildman–Crippen MR) is 99.3 cm³/mol. The standard InChI is InChI=1S/C16H11IO9/c18-8-6-4(9(19)13(23)15(25)11(6)21)3(2-1-17-2)5-7(8)12(22)16(26)14(24)10(5)20/h1-2,18-26H. The van der Waals surface area contributed by atoms with Crippen LogP contribution in [-0.4, -0.2) is 50.0 Å². The first-order chi connectivity index (χ1) is 12.2. The molecule has 1 atom stereocenters. The Morgan fingerprint density at radius 1 is 0.462 bits per heavy atom. The minimum Gasteiger partial charge on any atom is -0.506 e. The van der Waals surface area contributed by atoms with Crippen molar-refractivity contribution in [1.82, 2.24) is 0 Å². The quantitative estimate of drug-likeness (QED) is 0.0839. The van der Waals surface area contributed by atoms with E-state index in [9.17, 15) is 46.0 Å². The number of rotatable bonds is 1. The lowest BCUT2D eigenvalue weighted by Gasteiger charge is -2.19. The summed E-state index contributed by atoms with van der Waals surface area (Å²) in [5, 5.41) is 89.3. The van der Waals surface area contributed by atoms with Gasteiger partial charge in [-0.1, -0.05) is 0 Å². The SMILES string of the molecule is Oc1c(O)c(O)c2c(C3C=I3)c3c(O)c(O)c(O)c(O)c3c(O)c2c1O. The largest absolute Gasteiger partial charge is 0.506 e. The summed E-state index contributed by atoms with van der Waals surface area (Å²) < 4.78 is 1.54. The highest BCUT2D eigenvalue weighted by atomic mass is 127. The smallest absolute Gasteiger partial charge is 0.205 e. The number of hydrogen-bond acceptors (Lipinski definition) is 9. The molecule has 0 aromatic heterocycles. The number of alkyl halides is 1. The topological polar surface area (TPSA) is 182 Å². The molecular weight excluding hydrogens is 463 g/mol. The molecule has 26 heavy (non-hydrogen) atoms. The summed E-state index contributed by atoms with van der Waals surface area (Å²) in [6, 6.07) is 0. The summed E-state index contributed by atoms with van der Waals surface area (Å²) in [4.78, 5) is 0. The van der Waals surface area contributed by atoms with Gasteiger partial charge < -0.3 is 46.0 Å². The Morgan fingerprint density at radius 3 is 1.08 bits per heavy atom. The fourth-order valence-electron chi connectivity index (χ4n) is 3.07. The second-order valence-corrected chi connectivity index (χ2v) is 8.49. The monoisotopic (exact) mass is 474 g/mol. The van der Waals surface area contributed by atoms with Crippen molar-refractivity contribution >= 4 is 46.3 Å². The van der Waals surface area contributed by atoms with E-state index in [4.69, 9.17) is 0 Å². The number of phenolic OH excluding ortho intramolecular Hbond substituents is 9. The Labute approximate surface area is 153 Å². The maximum absolute atomic E-state index is 10.5. The van der Waals surface area contributed by atoms with Crippen molar-refractivity contribution in [2.24, 2.45) is 0 Å². The van der Waals surface area contributed by atoms with Crippen molar-refractivity contribution in [3.8, 4) is 51.7 Å². The van der Waals surface area contributed by atoms with Crippen LogP contribution in [0.2, 0.25) is 0 Å². The lowest BCUT2D eigenvalue weighted by Crippen LogP contribution is -1.93. The van der Waals surface area contributed by atoms with Crippen LogP contribution in [0, 0.1) is 0 Å². The van der Waals surface area contributed by atoms with E-state index in [0.717, 1.165) is 0 Å². The average Bonchev–Trinajstić information content (AvgIpc) is 3.44. The molecule has 0 saturated heterocycles. The molecule has 1 aliphatic heterocycles. The van der Waals surface area contributed by atoms with Crippen LogP contribution in [0.15, 0.2) is 0 Å². The zero-order valence-corrected chi connectivity index (χ0v) is 14.7. The molecule has 9 N–H and O–H groups in total. The van der Waals surface area contributed by atoms with Gasteiger partial charge in [-0.3, -0.25) is 0 Å². The molecule has 9 nitrogen and oxygen atoms in total. The van der Waals surface area contributed by atoms with Gasteiger partial charge in [0.05, 0.1) is 14.7 Å². The molecule has 0 radical (unpaired) electrons. The molecule has 1 unspecified atom stereocenters. The van der Waals surface area contributed by atoms with E-state index in [1.165, 1.54) is 0 Å². The van der Waals surface area contributed by atoms with E-state index in [2.05, 4.69) is 0 Å². The van der Waals surface area contributed by atoms with Gasteiger partial charge in [-0.05, 0) is 9.58 Å². The zero-order valence-electron chi connectivity index (χ0n) is 12.6. The zero-order chi connectivity index (χ0) is 19.1. The molecule has 136 valence electrons. The number of benzene rings is 3. The molecule has 1 aliphatic rings. The van der Waals surface area contributed by atoms with E-state index in [1.807, 2.05) is 4.01 Å². The summed E-state index contributed by atoms with van der Waals surface area (Å²) in [7, 11) is 0. The number of halogens is 1. The molecule has 0 fully saturated rings. The first kappa shape index (κ1) is 16.4. The molecule has 0 saturated carbocycles. The van der Waals surface area contributed by atoms with E-state index in [1.54, 1.807) is 0 Å². The Kier molecular flexibility index (Phi) is 3.16. The molecule has 0 spiro atoms. The van der Waals surface area contributed by atoms with Gasteiger partial charge in [0, 0.05) is 10.8 Å². The summed E-state index contributed by atoms with van der Waals surface area (Å²) >= 11 is -0.526. The maximum Gasteiger partial charge on any atom is 0.205 e. The third-order valence-corrected chi connectivity index (χ3v) is 6.39. The van der Waals surface area contributed by atoms with Crippen LogP contribution < -0.4 is 0 Å². The third kappa shape index (κ3) is 1.81. The molecular formula is C16H11IO9. The van der Waals surface area contributed by atoms with Gasteiger partial charge in [0.1, 0.15) is 5.75 Å². The molecule has 3 aromatic carbocycles. The van der Waals surface area contributed by atoms with Crippen molar-refractivity contribution in [2.45, 2.75) is 3.92 Å². The highest BCUT2D eigenvalue weighted by molar-refractivity contribution is 14.2. The number of phenols is 9. The number of hydrogen-bond donors (Lipinski definition) is 9. The van der Waals surface area contributed by atoms with Crippen LogP contribution in [0.5, 0.6) is 51.7 Å². The lowest BCUT2D eigenvalue weighted by atomic mass is 9.91. The molecule has 0 bridgehead atoms. The highest BCUT2D eigenvalue weighted by Crippen LogP contribution is 2.62. The molecule has 1 heterocycles. The van der Waals surface area contributed by atoms with Gasteiger partial charge in [0.15, 0.2) is 23.0 Å². The van der Waals surface area contributed by atoms with Crippen LogP contribution in [-0.2, 0) is 0 Å². The van der Waals surface area contributed by atoms with E-state index in [0.29, 0.717) is 0 Å². The summed E-state index contributed by atoms with van der Waals surface area (Å²) in [6.45, 7) is 0. The highest BCUT2D eigenvalue weighted by Gasteiger charge is 2.34. The van der Waals surface area contributed by atoms with Crippen molar-refractivity contribution < 1.29 is 46.0 Å². The second kappa shape index (κ2) is 5.00. The average molecular weight is 474 g/mol. The maximum atomic E-state index is 10.5. The first-order valence-electron chi connectivity index (χ1n) is 7.07. The van der Waals surface area contributed by atoms with E-state index >= 15 is 0 Å². The first-order valence-corrected chi connectivity index (χ1v) is 9.56. The van der Waals surface area contributed by atoms with E-state index in [-0.39, 0.29) is 20.3 Å². The van der Waals surface area contributed by atoms with Crippen molar-refractivity contribution in [3.63, 3.8) is 0 Å². The van der Waals surface area contributed by atoms with Crippen LogP contribution in [0.3, 0.4) is 0 Å². The van der Waals surface area contributed by atoms with Crippen LogP contribution in [0.1, 0.15) is 9.49 Å². The molecule has 0 amide bonds. The Bertz CT molecular complexity index is 1100. The van der Waals surface area contributed by atoms with Crippen molar-refractivity contribution in [2.75, 3.05) is 0 Å². The molecule has 0 aliphatic carbocycles. The van der Waals surface area contributed by atoms with Gasteiger partial charge in [-0.15, -0.1) is 20.7 Å². The predicted octanol–water partition coefficient (Wildman–Crippen LogP) is 2.17. The van der Waals surface area contributed by atoms with Gasteiger partial charge >= 0.3 is 0 Å². The summed E-state index contributed by atoms with van der Waals surface area (Å²) in [5.74, 6) is -8.71. The Morgan fingerprint density at radius 2 is 0.769 bits per heavy atom. The lowest BCUT2D eigenvalue weighted by molar-refractivity contribution is 0.348. The third-order valence-electron chi connectivity index (χ3n) is 4.33. The number of aromatic hydroxyl groups is 9. The second-order valence-electron chi connectivity index (χ2n) is 5.70. The summed E-state index contributed by atoms with van der Waals surface area (Å²) in [5.41, 5.74) is 0.131. The fourth-order valence-corrected chi connectivity index (χ4v) is 4.62.